The molecule has 6 rings (SSSR count). The van der Waals surface area contributed by atoms with E-state index < -0.39 is 132 Å². The van der Waals surface area contributed by atoms with E-state index in [1.807, 2.05) is 0 Å². The second kappa shape index (κ2) is 17.9. The molecular weight excluding hydrogens is 842 g/mol. The van der Waals surface area contributed by atoms with Crippen LogP contribution in [0.15, 0.2) is 76.1 Å². The van der Waals surface area contributed by atoms with Gasteiger partial charge in [0.1, 0.15) is 47.9 Å². The number of carbonyl (C=O) groups excluding carboxylic acids is 7. The molecule has 2 aromatic rings. The molecule has 64 heavy (non-hydrogen) atoms. The first-order valence-electron chi connectivity index (χ1n) is 20.6. The molecule has 1 amide bonds. The normalized spacial score (nSPS) is 31.1. The van der Waals surface area contributed by atoms with Crippen LogP contribution in [0.4, 0.5) is 4.79 Å². The summed E-state index contributed by atoms with van der Waals surface area (Å²) in [6.07, 6.45) is -10.1. The fraction of sp³-hybridized carbons (Fsp3) is 0.533. The van der Waals surface area contributed by atoms with E-state index in [1.165, 1.54) is 58.2 Å². The number of benzene rings is 1. The maximum atomic E-state index is 15.4. The number of amides is 1. The Bertz CT molecular complexity index is 2230. The van der Waals surface area contributed by atoms with Gasteiger partial charge in [0.15, 0.2) is 24.1 Å². The number of aliphatic hydroxyl groups excluding tert-OH is 2. The number of alkyl carbamates (subject to hydrolysis) is 1. The minimum atomic E-state index is -2.49. The number of allylic oxidation sites excluding steroid dienone is 1. The molecule has 2 saturated carbocycles. The fourth-order valence-electron chi connectivity index (χ4n) is 9.73. The molecule has 1 aromatic heterocycles. The number of hydrogen-bond acceptors (Lipinski definition) is 18. The molecule has 1 saturated heterocycles. The summed E-state index contributed by atoms with van der Waals surface area (Å²) in [6.45, 7) is 10.0. The number of aliphatic hydroxyl groups is 3. The highest BCUT2D eigenvalue weighted by Gasteiger charge is 2.78. The van der Waals surface area contributed by atoms with Gasteiger partial charge in [0.2, 0.25) is 0 Å². The number of hydrogen-bond donors (Lipinski definition) is 4. The molecule has 1 aromatic carbocycles. The van der Waals surface area contributed by atoms with Crippen molar-refractivity contribution in [3.63, 3.8) is 0 Å². The SMILES string of the molecule is CC(=O)OCC(=O)O[C@H]1C[C@H]2OC[C@@]2(OC(C)=O)C2C(OC(=O)c3ccccc3)[C@]3(O)C[C@H](OC(=O)[C@H](O)[C@@H](NC(=O)OC=C(C)C)c4ccco4)C(C)=C([C@@H](O)C(=O)[C@@]21C)C3(C)C. The van der Waals surface area contributed by atoms with Gasteiger partial charge in [-0.2, -0.15) is 0 Å². The second-order valence-electron chi connectivity index (χ2n) is 17.5. The van der Waals surface area contributed by atoms with Crippen LogP contribution in [0.1, 0.15) is 90.4 Å². The van der Waals surface area contributed by atoms with Crippen molar-refractivity contribution in [3.8, 4) is 0 Å². The average Bonchev–Trinajstić information content (AvgIpc) is 3.77. The van der Waals surface area contributed by atoms with Crippen LogP contribution in [0.3, 0.4) is 0 Å². The average molecular weight is 896 g/mol. The van der Waals surface area contributed by atoms with Gasteiger partial charge in [-0.15, -0.1) is 0 Å². The summed E-state index contributed by atoms with van der Waals surface area (Å²) in [5, 5.41) is 40.0. The van der Waals surface area contributed by atoms with Crippen LogP contribution in [0.25, 0.3) is 0 Å². The number of carbonyl (C=O) groups is 7. The molecule has 2 heterocycles. The Morgan fingerprint density at radius 3 is 2.22 bits per heavy atom. The van der Waals surface area contributed by atoms with Crippen LogP contribution in [0.5, 0.6) is 0 Å². The summed E-state index contributed by atoms with van der Waals surface area (Å²) < 4.78 is 45.5. The highest BCUT2D eigenvalue weighted by Crippen LogP contribution is 2.64. The third-order valence-electron chi connectivity index (χ3n) is 12.9. The van der Waals surface area contributed by atoms with Gasteiger partial charge < -0.3 is 58.2 Å². The molecule has 346 valence electrons. The lowest BCUT2D eigenvalue weighted by Gasteiger charge is -2.67. The summed E-state index contributed by atoms with van der Waals surface area (Å²) in [7, 11) is 0. The highest BCUT2D eigenvalue weighted by molar-refractivity contribution is 5.94. The zero-order chi connectivity index (χ0) is 47.1. The quantitative estimate of drug-likeness (QED) is 0.103. The number of esters is 5. The topological polar surface area (TPSA) is 270 Å². The van der Waals surface area contributed by atoms with Gasteiger partial charge in [-0.3, -0.25) is 14.4 Å². The molecule has 3 fully saturated rings. The molecule has 19 heteroatoms. The van der Waals surface area contributed by atoms with E-state index in [0.29, 0.717) is 5.57 Å². The van der Waals surface area contributed by atoms with E-state index >= 15 is 4.79 Å². The van der Waals surface area contributed by atoms with Crippen molar-refractivity contribution in [2.45, 2.75) is 122 Å². The van der Waals surface area contributed by atoms with Crippen LogP contribution in [0.2, 0.25) is 0 Å². The second-order valence-corrected chi connectivity index (χ2v) is 17.5. The van der Waals surface area contributed by atoms with Gasteiger partial charge >= 0.3 is 35.9 Å². The predicted octanol–water partition coefficient (Wildman–Crippen LogP) is 3.09. The summed E-state index contributed by atoms with van der Waals surface area (Å²) in [6, 6.07) is 8.90. The summed E-state index contributed by atoms with van der Waals surface area (Å²) in [5.41, 5.74) is -7.75. The molecule has 0 radical (unpaired) electrons. The predicted molar refractivity (Wildman–Crippen MR) is 216 cm³/mol. The lowest BCUT2D eigenvalue weighted by atomic mass is 9.44. The van der Waals surface area contributed by atoms with Gasteiger partial charge in [0, 0.05) is 32.1 Å². The zero-order valence-corrected chi connectivity index (χ0v) is 36.6. The number of rotatable bonds is 12. The van der Waals surface area contributed by atoms with Crippen molar-refractivity contribution < 1.29 is 86.5 Å². The first-order chi connectivity index (χ1) is 30.0. The Kier molecular flexibility index (Phi) is 13.3. The molecule has 2 bridgehead atoms. The maximum absolute atomic E-state index is 15.4. The van der Waals surface area contributed by atoms with Gasteiger partial charge in [-0.1, -0.05) is 32.0 Å². The monoisotopic (exact) mass is 895 g/mol. The van der Waals surface area contributed by atoms with Crippen molar-refractivity contribution in [1.29, 1.82) is 0 Å². The molecular formula is C45H53NO18. The van der Waals surface area contributed by atoms with Crippen LogP contribution in [-0.4, -0.2) is 118 Å². The molecule has 0 spiro atoms. The molecule has 3 aliphatic carbocycles. The lowest BCUT2D eigenvalue weighted by Crippen LogP contribution is -2.82. The smallest absolute Gasteiger partial charge is 0.412 e. The third kappa shape index (κ3) is 8.44. The fourth-order valence-corrected chi connectivity index (χ4v) is 9.73. The van der Waals surface area contributed by atoms with Crippen molar-refractivity contribution in [2.24, 2.45) is 16.7 Å². The van der Waals surface area contributed by atoms with Gasteiger partial charge in [-0.25, -0.2) is 19.2 Å². The zero-order valence-electron chi connectivity index (χ0n) is 36.6. The van der Waals surface area contributed by atoms with E-state index in [-0.39, 0.29) is 28.9 Å². The van der Waals surface area contributed by atoms with Crippen LogP contribution >= 0.6 is 0 Å². The summed E-state index contributed by atoms with van der Waals surface area (Å²) in [5.74, 6) is -7.85. The van der Waals surface area contributed by atoms with Gasteiger partial charge in [-0.05, 0) is 68.7 Å². The van der Waals surface area contributed by atoms with Crippen molar-refractivity contribution in [2.75, 3.05) is 13.2 Å². The van der Waals surface area contributed by atoms with Crippen LogP contribution < -0.4 is 5.32 Å². The van der Waals surface area contributed by atoms with E-state index in [9.17, 15) is 44.1 Å². The van der Waals surface area contributed by atoms with Gasteiger partial charge in [0.05, 0.1) is 36.0 Å². The van der Waals surface area contributed by atoms with E-state index in [2.05, 4.69) is 5.32 Å². The molecule has 2 unspecified atom stereocenters. The van der Waals surface area contributed by atoms with Crippen molar-refractivity contribution in [1.82, 2.24) is 5.32 Å². The Hall–Kier alpha value is -5.89. The van der Waals surface area contributed by atoms with E-state index in [1.54, 1.807) is 32.0 Å². The summed E-state index contributed by atoms with van der Waals surface area (Å²) in [4.78, 5) is 94.6. The molecule has 19 nitrogen and oxygen atoms in total. The largest absolute Gasteiger partial charge is 0.467 e. The first-order valence-corrected chi connectivity index (χ1v) is 20.6. The highest BCUT2D eigenvalue weighted by atomic mass is 16.6. The number of furan rings is 1. The number of Topliss-reactive ketones (excluding diaryl/α,β-unsaturated/α-hetero) is 1. The Labute approximate surface area is 368 Å². The number of fused-ring (bicyclic) bond motifs is 5. The van der Waals surface area contributed by atoms with Crippen LogP contribution in [-0.2, 0) is 57.1 Å². The Morgan fingerprint density at radius 2 is 1.64 bits per heavy atom. The van der Waals surface area contributed by atoms with Crippen molar-refractivity contribution >= 4 is 41.7 Å². The van der Waals surface area contributed by atoms with Crippen molar-refractivity contribution in [3.05, 3.63) is 83.0 Å². The molecule has 1 aliphatic heterocycles. The van der Waals surface area contributed by atoms with E-state index in [4.69, 9.17) is 37.6 Å². The number of nitrogens with one attached hydrogen (secondary N) is 1. The summed E-state index contributed by atoms with van der Waals surface area (Å²) >= 11 is 0. The Morgan fingerprint density at radius 1 is 0.953 bits per heavy atom. The van der Waals surface area contributed by atoms with E-state index in [0.717, 1.165) is 20.1 Å². The standard InChI is InChI=1S/C45H53NO18/c1-22(2)19-59-41(55)46-33(27-15-12-16-57-27)35(51)40(54)61-28-18-45(56)38(63-39(53)26-13-10-9-11-14-26)36-43(8,37(52)34(50)32(23(28)3)42(45,6)7)29(62-31(49)20-58-24(4)47)17-30-44(36,21-60-30)64-25(5)48/h9-16,19,28-30,33-36,38,50-51,56H,17-18,20-21H2,1-8H3,(H,46,55)/t28-,29-,30+,33-,34+,35+,36?,38?,43+,44-,45+/m0/s1. The first kappa shape index (κ1) is 47.6. The Balaban J connectivity index is 1.52. The third-order valence-corrected chi connectivity index (χ3v) is 12.9. The van der Waals surface area contributed by atoms with Gasteiger partial charge in [0.25, 0.3) is 0 Å². The minimum absolute atomic E-state index is 0.00980. The molecule has 4 N–H and O–H groups in total. The minimum Gasteiger partial charge on any atom is -0.467 e. The number of ketones is 1. The molecule has 4 aliphatic rings. The lowest BCUT2D eigenvalue weighted by molar-refractivity contribution is -0.346. The number of ether oxygens (including phenoxy) is 7. The molecule has 11 atom stereocenters. The van der Waals surface area contributed by atoms with Crippen LogP contribution in [0, 0.1) is 16.7 Å². The maximum Gasteiger partial charge on any atom is 0.412 e.